The van der Waals surface area contributed by atoms with E-state index in [0.29, 0.717) is 13.1 Å². The van der Waals surface area contributed by atoms with Gasteiger partial charge in [-0.3, -0.25) is 9.88 Å². The lowest BCUT2D eigenvalue weighted by molar-refractivity contribution is 0.0572. The van der Waals surface area contributed by atoms with Crippen LogP contribution in [0.3, 0.4) is 0 Å². The second-order valence-electron chi connectivity index (χ2n) is 4.65. The fourth-order valence-electron chi connectivity index (χ4n) is 2.37. The van der Waals surface area contributed by atoms with E-state index in [2.05, 4.69) is 4.98 Å². The summed E-state index contributed by atoms with van der Waals surface area (Å²) < 4.78 is 0. The zero-order chi connectivity index (χ0) is 12.4. The molecule has 1 fully saturated rings. The average molecular weight is 237 g/mol. The molecule has 94 valence electrons. The first kappa shape index (κ1) is 12.4. The quantitative estimate of drug-likeness (QED) is 0.660. The van der Waals surface area contributed by atoms with Gasteiger partial charge in [-0.05, 0) is 19.1 Å². The smallest absolute Gasteiger partial charge is 0.0938 e. The number of pyridine rings is 1. The molecule has 1 aromatic rings. The van der Waals surface area contributed by atoms with Gasteiger partial charge in [-0.2, -0.15) is 0 Å². The van der Waals surface area contributed by atoms with E-state index in [1.165, 1.54) is 0 Å². The summed E-state index contributed by atoms with van der Waals surface area (Å²) in [6.45, 7) is 2.78. The first-order valence-electron chi connectivity index (χ1n) is 5.86. The Labute approximate surface area is 101 Å². The van der Waals surface area contributed by atoms with Crippen molar-refractivity contribution >= 4 is 0 Å². The van der Waals surface area contributed by atoms with Crippen molar-refractivity contribution in [3.63, 3.8) is 0 Å². The van der Waals surface area contributed by atoms with Gasteiger partial charge in [-0.25, -0.2) is 0 Å². The average Bonchev–Trinajstić information content (AvgIpc) is 2.60. The van der Waals surface area contributed by atoms with E-state index >= 15 is 0 Å². The zero-order valence-corrected chi connectivity index (χ0v) is 9.90. The predicted molar refractivity (Wildman–Crippen MR) is 64.2 cm³/mol. The summed E-state index contributed by atoms with van der Waals surface area (Å²) in [5.41, 5.74) is 6.87. The molecular weight excluding hydrogens is 218 g/mol. The maximum atomic E-state index is 9.59. The molecule has 0 aliphatic carbocycles. The second kappa shape index (κ2) is 5.10. The highest BCUT2D eigenvalue weighted by atomic mass is 16.3. The van der Waals surface area contributed by atoms with Crippen molar-refractivity contribution in [2.45, 2.75) is 31.2 Å². The second-order valence-corrected chi connectivity index (χ2v) is 4.65. The molecule has 0 saturated carbocycles. The Bertz CT molecular complexity index is 348. The zero-order valence-electron chi connectivity index (χ0n) is 9.90. The molecule has 0 spiro atoms. The van der Waals surface area contributed by atoms with Gasteiger partial charge in [0.1, 0.15) is 0 Å². The molecule has 0 amide bonds. The summed E-state index contributed by atoms with van der Waals surface area (Å²) in [6.07, 6.45) is 0.341. The minimum absolute atomic E-state index is 0.0667. The molecule has 0 bridgehead atoms. The van der Waals surface area contributed by atoms with Crippen molar-refractivity contribution in [3.8, 4) is 0 Å². The molecule has 1 aliphatic rings. The van der Waals surface area contributed by atoms with E-state index in [4.69, 9.17) is 5.73 Å². The van der Waals surface area contributed by atoms with Gasteiger partial charge in [-0.1, -0.05) is 6.07 Å². The Morgan fingerprint density at radius 1 is 1.35 bits per heavy atom. The molecule has 1 saturated heterocycles. The number of aromatic nitrogens is 1. The molecule has 5 heteroatoms. The van der Waals surface area contributed by atoms with Crippen LogP contribution in [0, 0.1) is 0 Å². The van der Waals surface area contributed by atoms with Crippen LogP contribution in [-0.2, 0) is 0 Å². The molecule has 2 heterocycles. The number of nitrogens with zero attached hydrogens (tertiary/aromatic N) is 2. The first-order chi connectivity index (χ1) is 8.09. The van der Waals surface area contributed by atoms with Gasteiger partial charge < -0.3 is 15.9 Å². The van der Waals surface area contributed by atoms with Crippen LogP contribution in [0.1, 0.15) is 18.7 Å². The Kier molecular flexibility index (Phi) is 3.73. The third-order valence-corrected chi connectivity index (χ3v) is 3.17. The molecule has 1 aliphatic heterocycles. The van der Waals surface area contributed by atoms with Gasteiger partial charge in [0.05, 0.1) is 23.9 Å². The van der Waals surface area contributed by atoms with Gasteiger partial charge in [0, 0.05) is 25.3 Å². The number of nitrogens with two attached hydrogens (primary N) is 1. The van der Waals surface area contributed by atoms with E-state index in [1.54, 1.807) is 6.20 Å². The van der Waals surface area contributed by atoms with Crippen molar-refractivity contribution in [1.82, 2.24) is 9.88 Å². The van der Waals surface area contributed by atoms with E-state index in [9.17, 15) is 10.2 Å². The van der Waals surface area contributed by atoms with Crippen molar-refractivity contribution in [2.75, 3.05) is 13.1 Å². The largest absolute Gasteiger partial charge is 0.389 e. The van der Waals surface area contributed by atoms with Crippen molar-refractivity contribution < 1.29 is 10.2 Å². The Hall–Kier alpha value is -1.01. The van der Waals surface area contributed by atoms with E-state index in [-0.39, 0.29) is 12.1 Å². The molecular formula is C12H19N3O2. The summed E-state index contributed by atoms with van der Waals surface area (Å²) in [5.74, 6) is 0. The van der Waals surface area contributed by atoms with Crippen LogP contribution >= 0.6 is 0 Å². The number of aliphatic hydroxyl groups excluding tert-OH is 2. The standard InChI is InChI=1S/C12H19N3O2/c1-8(13)12(9-4-2-3-5-14-9)15-6-10(16)11(17)7-15/h2-5,8,10-12,16-17H,6-7,13H2,1H3. The molecule has 1 aromatic heterocycles. The number of β-amino-alcohol motifs (C(OH)–C–C–N with tert-alkyl or cyclic N) is 2. The van der Waals surface area contributed by atoms with Crippen LogP contribution in [0.4, 0.5) is 0 Å². The highest BCUT2D eigenvalue weighted by molar-refractivity contribution is 5.12. The number of likely N-dealkylation sites (tertiary alicyclic amines) is 1. The van der Waals surface area contributed by atoms with Crippen molar-refractivity contribution in [1.29, 1.82) is 0 Å². The molecule has 4 N–H and O–H groups in total. The minimum Gasteiger partial charge on any atom is -0.389 e. The number of hydrogen-bond acceptors (Lipinski definition) is 5. The molecule has 4 unspecified atom stereocenters. The minimum atomic E-state index is -0.694. The normalized spacial score (nSPS) is 29.2. The fraction of sp³-hybridized carbons (Fsp3) is 0.583. The van der Waals surface area contributed by atoms with Crippen LogP contribution in [0.5, 0.6) is 0 Å². The molecule has 17 heavy (non-hydrogen) atoms. The van der Waals surface area contributed by atoms with E-state index in [1.807, 2.05) is 30.0 Å². The number of hydrogen-bond donors (Lipinski definition) is 3. The summed E-state index contributed by atoms with van der Waals surface area (Å²) in [5, 5.41) is 19.2. The summed E-state index contributed by atoms with van der Waals surface area (Å²) in [6, 6.07) is 5.52. The third kappa shape index (κ3) is 2.63. The van der Waals surface area contributed by atoms with Crippen molar-refractivity contribution in [3.05, 3.63) is 30.1 Å². The van der Waals surface area contributed by atoms with Gasteiger partial charge in [0.15, 0.2) is 0 Å². The fourth-order valence-corrected chi connectivity index (χ4v) is 2.37. The lowest BCUT2D eigenvalue weighted by Gasteiger charge is -2.30. The van der Waals surface area contributed by atoms with Crippen LogP contribution in [0.25, 0.3) is 0 Å². The third-order valence-electron chi connectivity index (χ3n) is 3.17. The van der Waals surface area contributed by atoms with Gasteiger partial charge in [0.25, 0.3) is 0 Å². The highest BCUT2D eigenvalue weighted by Crippen LogP contribution is 2.26. The lowest BCUT2D eigenvalue weighted by Crippen LogP contribution is -2.39. The number of aliphatic hydroxyl groups is 2. The maximum absolute atomic E-state index is 9.59. The van der Waals surface area contributed by atoms with Crippen LogP contribution < -0.4 is 5.73 Å². The van der Waals surface area contributed by atoms with Crippen molar-refractivity contribution in [2.24, 2.45) is 5.73 Å². The SMILES string of the molecule is CC(N)C(c1ccccn1)N1CC(O)C(O)C1. The monoisotopic (exact) mass is 237 g/mol. The van der Waals surface area contributed by atoms with E-state index < -0.39 is 12.2 Å². The van der Waals surface area contributed by atoms with Crippen LogP contribution in [0.15, 0.2) is 24.4 Å². The van der Waals surface area contributed by atoms with Crippen LogP contribution in [0.2, 0.25) is 0 Å². The Morgan fingerprint density at radius 3 is 2.47 bits per heavy atom. The molecule has 5 nitrogen and oxygen atoms in total. The van der Waals surface area contributed by atoms with Crippen LogP contribution in [-0.4, -0.2) is 51.4 Å². The molecule has 0 aromatic carbocycles. The number of rotatable bonds is 3. The Balaban J connectivity index is 2.19. The maximum Gasteiger partial charge on any atom is 0.0938 e. The molecule has 4 atom stereocenters. The first-order valence-corrected chi connectivity index (χ1v) is 5.86. The summed E-state index contributed by atoms with van der Waals surface area (Å²) in [4.78, 5) is 6.30. The highest BCUT2D eigenvalue weighted by Gasteiger charge is 2.36. The van der Waals surface area contributed by atoms with Gasteiger partial charge >= 0.3 is 0 Å². The lowest BCUT2D eigenvalue weighted by atomic mass is 10.0. The van der Waals surface area contributed by atoms with Gasteiger partial charge in [-0.15, -0.1) is 0 Å². The topological polar surface area (TPSA) is 82.6 Å². The Morgan fingerprint density at radius 2 is 2.00 bits per heavy atom. The predicted octanol–water partition coefficient (Wildman–Crippen LogP) is -0.493. The molecule has 2 rings (SSSR count). The summed E-state index contributed by atoms with van der Waals surface area (Å²) >= 11 is 0. The molecule has 0 radical (unpaired) electrons. The summed E-state index contributed by atoms with van der Waals surface area (Å²) in [7, 11) is 0. The van der Waals surface area contributed by atoms with E-state index in [0.717, 1.165) is 5.69 Å². The van der Waals surface area contributed by atoms with Gasteiger partial charge in [0.2, 0.25) is 0 Å².